The summed E-state index contributed by atoms with van der Waals surface area (Å²) in [5.41, 5.74) is 5.78. The maximum Gasteiger partial charge on any atom is 0.234 e. The van der Waals surface area contributed by atoms with Gasteiger partial charge in [0.25, 0.3) is 0 Å². The normalized spacial score (nSPS) is 30.8. The van der Waals surface area contributed by atoms with Gasteiger partial charge in [0.15, 0.2) is 0 Å². The Morgan fingerprint density at radius 2 is 2.38 bits per heavy atom. The van der Waals surface area contributed by atoms with E-state index in [-0.39, 0.29) is 18.1 Å². The van der Waals surface area contributed by atoms with Crippen molar-refractivity contribution in [2.24, 2.45) is 5.73 Å². The summed E-state index contributed by atoms with van der Waals surface area (Å²) in [5, 5.41) is 2.92. The van der Waals surface area contributed by atoms with Crippen molar-refractivity contribution in [1.82, 2.24) is 10.2 Å². The maximum absolute atomic E-state index is 11.6. The summed E-state index contributed by atoms with van der Waals surface area (Å²) in [6.45, 7) is 3.74. The van der Waals surface area contributed by atoms with Crippen molar-refractivity contribution < 1.29 is 9.53 Å². The molecule has 2 saturated heterocycles. The van der Waals surface area contributed by atoms with E-state index in [1.165, 1.54) is 0 Å². The third kappa shape index (κ3) is 3.43. The highest BCUT2D eigenvalue weighted by Crippen LogP contribution is 2.10. The molecule has 0 aromatic rings. The molecule has 0 bridgehead atoms. The van der Waals surface area contributed by atoms with Crippen molar-refractivity contribution in [2.45, 2.75) is 31.4 Å². The van der Waals surface area contributed by atoms with Gasteiger partial charge in [0.1, 0.15) is 0 Å². The van der Waals surface area contributed by atoms with Gasteiger partial charge < -0.3 is 15.8 Å². The zero-order valence-corrected chi connectivity index (χ0v) is 9.65. The first kappa shape index (κ1) is 11.8. The Balaban J connectivity index is 1.60. The Kier molecular flexibility index (Phi) is 4.15. The number of hydrogen-bond acceptors (Lipinski definition) is 4. The first-order valence-corrected chi connectivity index (χ1v) is 6.10. The number of nitrogens with two attached hydrogens (primary N) is 1. The minimum absolute atomic E-state index is 0.0876. The molecule has 1 amide bonds. The minimum atomic E-state index is 0.0876. The molecule has 2 fully saturated rings. The summed E-state index contributed by atoms with van der Waals surface area (Å²) < 4.78 is 5.44. The van der Waals surface area contributed by atoms with Crippen LogP contribution in [0, 0.1) is 0 Å². The first-order valence-electron chi connectivity index (χ1n) is 6.10. The molecule has 0 aromatic heterocycles. The fourth-order valence-corrected chi connectivity index (χ4v) is 2.30. The lowest BCUT2D eigenvalue weighted by atomic mass is 10.2. The lowest BCUT2D eigenvalue weighted by Gasteiger charge is -2.16. The van der Waals surface area contributed by atoms with Gasteiger partial charge in [-0.25, -0.2) is 0 Å². The summed E-state index contributed by atoms with van der Waals surface area (Å²) in [4.78, 5) is 13.7. The topological polar surface area (TPSA) is 67.6 Å². The maximum atomic E-state index is 11.6. The van der Waals surface area contributed by atoms with Gasteiger partial charge >= 0.3 is 0 Å². The van der Waals surface area contributed by atoms with E-state index in [1.807, 2.05) is 0 Å². The van der Waals surface area contributed by atoms with E-state index < -0.39 is 0 Å². The van der Waals surface area contributed by atoms with Crippen LogP contribution in [0.5, 0.6) is 0 Å². The third-order valence-corrected chi connectivity index (χ3v) is 3.23. The Bertz CT molecular complexity index is 241. The largest absolute Gasteiger partial charge is 0.376 e. The van der Waals surface area contributed by atoms with Gasteiger partial charge in [-0.15, -0.1) is 0 Å². The molecule has 2 aliphatic heterocycles. The summed E-state index contributed by atoms with van der Waals surface area (Å²) in [5.74, 6) is 0.0876. The molecule has 0 spiro atoms. The second kappa shape index (κ2) is 5.61. The molecule has 2 rings (SSSR count). The van der Waals surface area contributed by atoms with E-state index >= 15 is 0 Å². The summed E-state index contributed by atoms with van der Waals surface area (Å²) in [7, 11) is 0. The number of carbonyl (C=O) groups excluding carboxylic acids is 1. The molecule has 0 radical (unpaired) electrons. The van der Waals surface area contributed by atoms with E-state index in [0.717, 1.165) is 39.0 Å². The molecule has 3 N–H and O–H groups in total. The van der Waals surface area contributed by atoms with Crippen LogP contribution in [0.25, 0.3) is 0 Å². The van der Waals surface area contributed by atoms with Crippen LogP contribution in [0.1, 0.15) is 19.3 Å². The highest BCUT2D eigenvalue weighted by Gasteiger charge is 2.21. The number of carbonyl (C=O) groups is 1. The van der Waals surface area contributed by atoms with Gasteiger partial charge in [0.2, 0.25) is 5.91 Å². The number of ether oxygens (including phenoxy) is 1. The van der Waals surface area contributed by atoms with Crippen LogP contribution >= 0.6 is 0 Å². The average molecular weight is 227 g/mol. The smallest absolute Gasteiger partial charge is 0.234 e. The summed E-state index contributed by atoms with van der Waals surface area (Å²) in [6.07, 6.45) is 3.40. The number of nitrogens with zero attached hydrogens (tertiary/aromatic N) is 1. The molecule has 92 valence electrons. The van der Waals surface area contributed by atoms with Crippen LogP contribution < -0.4 is 11.1 Å². The molecule has 1 unspecified atom stereocenters. The van der Waals surface area contributed by atoms with E-state index in [0.29, 0.717) is 13.1 Å². The molecule has 0 saturated carbocycles. The predicted octanol–water partition coefficient (Wildman–Crippen LogP) is -0.685. The molecule has 16 heavy (non-hydrogen) atoms. The van der Waals surface area contributed by atoms with E-state index in [2.05, 4.69) is 10.2 Å². The molecular weight excluding hydrogens is 206 g/mol. The minimum Gasteiger partial charge on any atom is -0.376 e. The molecule has 5 heteroatoms. The number of rotatable bonds is 4. The van der Waals surface area contributed by atoms with Crippen molar-refractivity contribution in [1.29, 1.82) is 0 Å². The molecule has 2 aliphatic rings. The van der Waals surface area contributed by atoms with Crippen LogP contribution in [-0.2, 0) is 9.53 Å². The summed E-state index contributed by atoms with van der Waals surface area (Å²) in [6, 6.07) is 0.242. The molecule has 2 heterocycles. The first-order chi connectivity index (χ1) is 7.74. The number of likely N-dealkylation sites (tertiary alicyclic amines) is 1. The number of nitrogens with one attached hydrogen (secondary N) is 1. The standard InChI is InChI=1S/C11H21N3O2/c12-9-3-4-14(7-9)8-11(15)13-6-10-2-1-5-16-10/h9-10H,1-8,12H2,(H,13,15)/t9-,10?/m1/s1. The van der Waals surface area contributed by atoms with Gasteiger partial charge in [0, 0.05) is 32.3 Å². The lowest BCUT2D eigenvalue weighted by Crippen LogP contribution is -2.40. The molecule has 0 aliphatic carbocycles. The number of amides is 1. The van der Waals surface area contributed by atoms with Crippen molar-refractivity contribution in [3.8, 4) is 0 Å². The second-order valence-corrected chi connectivity index (χ2v) is 4.72. The second-order valence-electron chi connectivity index (χ2n) is 4.72. The quantitative estimate of drug-likeness (QED) is 0.667. The molecule has 0 aromatic carbocycles. The van der Waals surface area contributed by atoms with Gasteiger partial charge in [-0.3, -0.25) is 9.69 Å². The van der Waals surface area contributed by atoms with Crippen molar-refractivity contribution in [3.63, 3.8) is 0 Å². The Morgan fingerprint density at radius 3 is 3.00 bits per heavy atom. The monoisotopic (exact) mass is 227 g/mol. The zero-order chi connectivity index (χ0) is 11.4. The SMILES string of the molecule is N[C@@H]1CCN(CC(=O)NCC2CCCO2)C1. The predicted molar refractivity (Wildman–Crippen MR) is 61.0 cm³/mol. The van der Waals surface area contributed by atoms with Crippen LogP contribution in [0.4, 0.5) is 0 Å². The van der Waals surface area contributed by atoms with Crippen molar-refractivity contribution >= 4 is 5.91 Å². The Hall–Kier alpha value is -0.650. The van der Waals surface area contributed by atoms with Crippen LogP contribution in [0.2, 0.25) is 0 Å². The molecule has 2 atom stereocenters. The molecular formula is C11H21N3O2. The van der Waals surface area contributed by atoms with Crippen molar-refractivity contribution in [2.75, 3.05) is 32.8 Å². The van der Waals surface area contributed by atoms with Crippen LogP contribution in [0.15, 0.2) is 0 Å². The van der Waals surface area contributed by atoms with Gasteiger partial charge in [-0.2, -0.15) is 0 Å². The van der Waals surface area contributed by atoms with Crippen molar-refractivity contribution in [3.05, 3.63) is 0 Å². The third-order valence-electron chi connectivity index (χ3n) is 3.23. The fourth-order valence-electron chi connectivity index (χ4n) is 2.30. The highest BCUT2D eigenvalue weighted by atomic mass is 16.5. The van der Waals surface area contributed by atoms with Gasteiger partial charge in [-0.1, -0.05) is 0 Å². The van der Waals surface area contributed by atoms with Gasteiger partial charge in [0.05, 0.1) is 12.6 Å². The zero-order valence-electron chi connectivity index (χ0n) is 9.65. The van der Waals surface area contributed by atoms with Crippen LogP contribution in [-0.4, -0.2) is 55.7 Å². The van der Waals surface area contributed by atoms with Crippen LogP contribution in [0.3, 0.4) is 0 Å². The fraction of sp³-hybridized carbons (Fsp3) is 0.909. The number of hydrogen-bond donors (Lipinski definition) is 2. The average Bonchev–Trinajstić information content (AvgIpc) is 2.87. The summed E-state index contributed by atoms with van der Waals surface area (Å²) >= 11 is 0. The molecule has 5 nitrogen and oxygen atoms in total. The Morgan fingerprint density at radius 1 is 1.50 bits per heavy atom. The highest BCUT2D eigenvalue weighted by molar-refractivity contribution is 5.78. The van der Waals surface area contributed by atoms with E-state index in [4.69, 9.17) is 10.5 Å². The van der Waals surface area contributed by atoms with E-state index in [1.54, 1.807) is 0 Å². The van der Waals surface area contributed by atoms with E-state index in [9.17, 15) is 4.79 Å². The van der Waals surface area contributed by atoms with Gasteiger partial charge in [-0.05, 0) is 19.3 Å². The lowest BCUT2D eigenvalue weighted by molar-refractivity contribution is -0.122. The Labute approximate surface area is 96.3 Å².